The van der Waals surface area contributed by atoms with Gasteiger partial charge in [-0.25, -0.2) is 0 Å². The lowest BCUT2D eigenvalue weighted by Crippen LogP contribution is -2.32. The first-order valence-electron chi connectivity index (χ1n) is 15.1. The third-order valence-corrected chi connectivity index (χ3v) is 6.07. The van der Waals surface area contributed by atoms with Crippen LogP contribution in [-0.4, -0.2) is 120 Å². The number of amides is 4. The number of benzene rings is 1. The first-order valence-corrected chi connectivity index (χ1v) is 15.1. The van der Waals surface area contributed by atoms with Crippen molar-refractivity contribution in [2.45, 2.75) is 6.42 Å². The van der Waals surface area contributed by atoms with Crippen LogP contribution in [0.3, 0.4) is 0 Å². The highest BCUT2D eigenvalue weighted by atomic mass is 16.5. The molecule has 2 heterocycles. The Hall–Kier alpha value is -4.88. The summed E-state index contributed by atoms with van der Waals surface area (Å²) < 4.78 is 37.1. The quantitative estimate of drug-likeness (QED) is 0.0784. The van der Waals surface area contributed by atoms with E-state index in [2.05, 4.69) is 31.5 Å². The lowest BCUT2D eigenvalue weighted by atomic mass is 10.1. The van der Waals surface area contributed by atoms with Gasteiger partial charge in [-0.15, -0.1) is 10.2 Å². The van der Waals surface area contributed by atoms with Crippen LogP contribution in [0.4, 0.5) is 5.69 Å². The number of carbonyl (C=O) groups is 4. The molecule has 0 aliphatic carbocycles. The third-order valence-electron chi connectivity index (χ3n) is 6.07. The average Bonchev–Trinajstić information content (AvgIpc) is 3.80. The Morgan fingerprint density at radius 1 is 0.792 bits per heavy atom. The standard InChI is InChI=1S/C30H41N7O11/c1-42-23-6-5-21(35-28(41)30-37-36-29(48-30)24-4-2-11-47-24)18-22(23)27(40)34-10-13-44-15-17-46-20-26(39)33-9-12-43-14-16-45-19-25(38)32-8-3-7-31/h2,4-6,11,18H,3,7-10,12-17,19-20,31H2,1H3,(H,32,38)(H,33,39)(H,34,40)(H,35,41). The van der Waals surface area contributed by atoms with Crippen LogP contribution < -0.4 is 31.7 Å². The molecule has 48 heavy (non-hydrogen) atoms. The number of hydrogen-bond acceptors (Lipinski definition) is 14. The number of furan rings is 1. The molecule has 0 atom stereocenters. The van der Waals surface area contributed by atoms with Crippen molar-refractivity contribution in [1.29, 1.82) is 0 Å². The maximum Gasteiger partial charge on any atom is 0.313 e. The summed E-state index contributed by atoms with van der Waals surface area (Å²) in [7, 11) is 1.42. The first-order chi connectivity index (χ1) is 23.4. The van der Waals surface area contributed by atoms with Gasteiger partial charge in [0.25, 0.3) is 11.8 Å². The molecule has 18 nitrogen and oxygen atoms in total. The highest BCUT2D eigenvalue weighted by Gasteiger charge is 2.19. The van der Waals surface area contributed by atoms with Crippen LogP contribution in [0.2, 0.25) is 0 Å². The average molecular weight is 676 g/mol. The maximum absolute atomic E-state index is 12.8. The van der Waals surface area contributed by atoms with Crippen molar-refractivity contribution in [1.82, 2.24) is 26.1 Å². The van der Waals surface area contributed by atoms with Gasteiger partial charge in [0, 0.05) is 25.3 Å². The number of nitrogens with zero attached hydrogens (tertiary/aromatic N) is 2. The molecule has 0 fully saturated rings. The number of nitrogens with one attached hydrogen (secondary N) is 4. The van der Waals surface area contributed by atoms with E-state index in [-0.39, 0.29) is 88.6 Å². The van der Waals surface area contributed by atoms with Gasteiger partial charge in [0.15, 0.2) is 5.76 Å². The van der Waals surface area contributed by atoms with Crippen molar-refractivity contribution in [3.63, 3.8) is 0 Å². The molecular weight excluding hydrogens is 634 g/mol. The van der Waals surface area contributed by atoms with Crippen LogP contribution in [0.5, 0.6) is 5.75 Å². The van der Waals surface area contributed by atoms with Crippen molar-refractivity contribution in [2.24, 2.45) is 5.73 Å². The first kappa shape index (κ1) is 37.6. The minimum absolute atomic E-state index is 0.0487. The molecule has 18 heteroatoms. The summed E-state index contributed by atoms with van der Waals surface area (Å²) in [6.45, 7) is 2.71. The Morgan fingerprint density at radius 3 is 2.10 bits per heavy atom. The minimum Gasteiger partial charge on any atom is -0.496 e. The van der Waals surface area contributed by atoms with Gasteiger partial charge in [0.05, 0.1) is 58.6 Å². The second kappa shape index (κ2) is 21.8. The summed E-state index contributed by atoms with van der Waals surface area (Å²) in [4.78, 5) is 48.7. The van der Waals surface area contributed by atoms with E-state index >= 15 is 0 Å². The van der Waals surface area contributed by atoms with Gasteiger partial charge < -0.3 is 59.5 Å². The highest BCUT2D eigenvalue weighted by molar-refractivity contribution is 6.03. The number of anilines is 1. The summed E-state index contributed by atoms with van der Waals surface area (Å²) in [6, 6.07) is 7.81. The monoisotopic (exact) mass is 675 g/mol. The van der Waals surface area contributed by atoms with E-state index in [4.69, 9.17) is 38.3 Å². The van der Waals surface area contributed by atoms with E-state index in [1.807, 2.05) is 0 Å². The number of rotatable bonds is 24. The normalized spacial score (nSPS) is 10.8. The number of nitrogens with two attached hydrogens (primary N) is 1. The molecule has 2 aromatic heterocycles. The molecule has 4 amide bonds. The second-order valence-corrected chi connectivity index (χ2v) is 9.69. The number of ether oxygens (including phenoxy) is 5. The molecule has 3 aromatic rings. The van der Waals surface area contributed by atoms with E-state index in [1.54, 1.807) is 18.2 Å². The van der Waals surface area contributed by atoms with Crippen molar-refractivity contribution in [2.75, 3.05) is 91.5 Å². The summed E-state index contributed by atoms with van der Waals surface area (Å²) >= 11 is 0. The second-order valence-electron chi connectivity index (χ2n) is 9.69. The zero-order valence-electron chi connectivity index (χ0n) is 26.6. The SMILES string of the molecule is COc1ccc(NC(=O)c2nnc(-c3ccco3)o2)cc1C(=O)NCCOCCOCC(=O)NCCOCCOCC(=O)NCCCN. The van der Waals surface area contributed by atoms with Gasteiger partial charge in [-0.2, -0.15) is 0 Å². The third kappa shape index (κ3) is 13.9. The Kier molecular flexibility index (Phi) is 17.1. The number of aromatic nitrogens is 2. The Morgan fingerprint density at radius 2 is 1.46 bits per heavy atom. The molecule has 0 bridgehead atoms. The molecular formula is C30H41N7O11. The zero-order valence-corrected chi connectivity index (χ0v) is 26.6. The van der Waals surface area contributed by atoms with Crippen LogP contribution in [-0.2, 0) is 28.5 Å². The highest BCUT2D eigenvalue weighted by Crippen LogP contribution is 2.24. The molecule has 0 saturated heterocycles. The molecule has 0 unspecified atom stereocenters. The number of hydrogen-bond donors (Lipinski definition) is 5. The summed E-state index contributed by atoms with van der Waals surface area (Å²) in [5.74, 6) is -1.25. The lowest BCUT2D eigenvalue weighted by Gasteiger charge is -2.12. The van der Waals surface area contributed by atoms with Crippen LogP contribution in [0, 0.1) is 0 Å². The molecule has 0 spiro atoms. The summed E-state index contributed by atoms with van der Waals surface area (Å²) in [6.07, 6.45) is 2.15. The van der Waals surface area contributed by atoms with Gasteiger partial charge >= 0.3 is 11.8 Å². The Labute approximate surface area is 276 Å². The molecule has 0 aliphatic rings. The number of methoxy groups -OCH3 is 1. The van der Waals surface area contributed by atoms with Gasteiger partial charge in [0.1, 0.15) is 19.0 Å². The van der Waals surface area contributed by atoms with Gasteiger partial charge in [-0.1, -0.05) is 0 Å². The Bertz CT molecular complexity index is 1420. The molecule has 3 rings (SSSR count). The van der Waals surface area contributed by atoms with E-state index in [0.717, 1.165) is 0 Å². The fraction of sp³-hybridized carbons (Fsp3) is 0.467. The van der Waals surface area contributed by atoms with Crippen LogP contribution in [0.15, 0.2) is 45.4 Å². The molecule has 0 saturated carbocycles. The summed E-state index contributed by atoms with van der Waals surface area (Å²) in [5, 5.41) is 18.2. The molecule has 6 N–H and O–H groups in total. The predicted octanol–water partition coefficient (Wildman–Crippen LogP) is -0.0321. The fourth-order valence-electron chi connectivity index (χ4n) is 3.76. The smallest absolute Gasteiger partial charge is 0.313 e. The van der Waals surface area contributed by atoms with Crippen LogP contribution >= 0.6 is 0 Å². The molecule has 1 aromatic carbocycles. The molecule has 0 radical (unpaired) electrons. The topological polar surface area (TPSA) is 241 Å². The lowest BCUT2D eigenvalue weighted by molar-refractivity contribution is -0.127. The predicted molar refractivity (Wildman–Crippen MR) is 168 cm³/mol. The maximum atomic E-state index is 12.8. The van der Waals surface area contributed by atoms with Crippen molar-refractivity contribution in [3.8, 4) is 17.4 Å². The van der Waals surface area contributed by atoms with E-state index in [9.17, 15) is 19.2 Å². The molecule has 0 aliphatic heterocycles. The van der Waals surface area contributed by atoms with Crippen LogP contribution in [0.25, 0.3) is 11.7 Å². The van der Waals surface area contributed by atoms with Crippen LogP contribution in [0.1, 0.15) is 27.5 Å². The zero-order chi connectivity index (χ0) is 34.4. The van der Waals surface area contributed by atoms with Gasteiger partial charge in [0.2, 0.25) is 11.8 Å². The van der Waals surface area contributed by atoms with Crippen molar-refractivity contribution in [3.05, 3.63) is 48.0 Å². The largest absolute Gasteiger partial charge is 0.496 e. The number of carbonyl (C=O) groups excluding carboxylic acids is 4. The van der Waals surface area contributed by atoms with E-state index in [1.165, 1.54) is 25.5 Å². The van der Waals surface area contributed by atoms with E-state index in [0.29, 0.717) is 43.3 Å². The van der Waals surface area contributed by atoms with Gasteiger partial charge in [-0.3, -0.25) is 19.2 Å². The Balaban J connectivity index is 1.22. The van der Waals surface area contributed by atoms with Gasteiger partial charge in [-0.05, 0) is 43.3 Å². The fourth-order valence-corrected chi connectivity index (χ4v) is 3.76. The molecule has 262 valence electrons. The van der Waals surface area contributed by atoms with E-state index < -0.39 is 11.8 Å². The summed E-state index contributed by atoms with van der Waals surface area (Å²) in [5.41, 5.74) is 5.84. The van der Waals surface area contributed by atoms with Crippen molar-refractivity contribution >= 4 is 29.3 Å². The minimum atomic E-state index is -0.671. The van der Waals surface area contributed by atoms with Crippen molar-refractivity contribution < 1.29 is 51.7 Å².